The average Bonchev–Trinajstić information content (AvgIpc) is 2.80. The Hall–Kier alpha value is -1.56. The maximum absolute atomic E-state index is 12.4. The Bertz CT molecular complexity index is 638. The van der Waals surface area contributed by atoms with Gasteiger partial charge in [-0.1, -0.05) is 24.6 Å². The van der Waals surface area contributed by atoms with E-state index >= 15 is 0 Å². The van der Waals surface area contributed by atoms with Crippen molar-refractivity contribution in [3.63, 3.8) is 0 Å². The van der Waals surface area contributed by atoms with Gasteiger partial charge in [-0.25, -0.2) is 8.42 Å². The Morgan fingerprint density at radius 3 is 2.76 bits per heavy atom. The van der Waals surface area contributed by atoms with Crippen molar-refractivity contribution >= 4 is 21.6 Å². The van der Waals surface area contributed by atoms with Crippen molar-refractivity contribution in [2.24, 2.45) is 5.92 Å². The lowest BCUT2D eigenvalue weighted by atomic mass is 9.85. The van der Waals surface area contributed by atoms with E-state index in [-0.39, 0.29) is 24.1 Å². The minimum absolute atomic E-state index is 0.00160. The van der Waals surface area contributed by atoms with E-state index in [1.165, 1.54) is 4.31 Å². The molecule has 1 heterocycles. The maximum atomic E-state index is 12.4. The van der Waals surface area contributed by atoms with Crippen LogP contribution in [-0.2, 0) is 21.2 Å². The van der Waals surface area contributed by atoms with Crippen LogP contribution in [0, 0.1) is 5.92 Å². The summed E-state index contributed by atoms with van der Waals surface area (Å²) in [5, 5.41) is 2.74. The lowest BCUT2D eigenvalue weighted by Crippen LogP contribution is -2.40. The Morgan fingerprint density at radius 2 is 2.05 bits per heavy atom. The van der Waals surface area contributed by atoms with Gasteiger partial charge in [-0.05, 0) is 30.9 Å². The zero-order valence-corrected chi connectivity index (χ0v) is 12.7. The van der Waals surface area contributed by atoms with E-state index < -0.39 is 10.0 Å². The summed E-state index contributed by atoms with van der Waals surface area (Å²) in [6.45, 7) is 0.689. The summed E-state index contributed by atoms with van der Waals surface area (Å²) in [5.41, 5.74) is 1.85. The highest BCUT2D eigenvalue weighted by atomic mass is 32.2. The predicted molar refractivity (Wildman–Crippen MR) is 81.6 cm³/mol. The summed E-state index contributed by atoms with van der Waals surface area (Å²) in [6.07, 6.45) is 3.71. The summed E-state index contributed by atoms with van der Waals surface area (Å²) >= 11 is 0. The number of para-hydroxylation sites is 1. The fourth-order valence-electron chi connectivity index (χ4n) is 2.83. The van der Waals surface area contributed by atoms with Crippen molar-refractivity contribution in [3.05, 3.63) is 29.8 Å². The number of amides is 1. The van der Waals surface area contributed by atoms with Crippen LogP contribution in [0.25, 0.3) is 0 Å². The van der Waals surface area contributed by atoms with Gasteiger partial charge in [0, 0.05) is 19.0 Å². The van der Waals surface area contributed by atoms with Gasteiger partial charge in [0.05, 0.1) is 11.4 Å². The van der Waals surface area contributed by atoms with Gasteiger partial charge in [-0.2, -0.15) is 0 Å². The van der Waals surface area contributed by atoms with Crippen LogP contribution in [0.3, 0.4) is 0 Å². The number of hydrogen-bond acceptors (Lipinski definition) is 3. The third kappa shape index (κ3) is 2.90. The number of nitrogens with one attached hydrogen (secondary N) is 1. The molecule has 0 unspecified atom stereocenters. The molecule has 5 nitrogen and oxygen atoms in total. The minimum atomic E-state index is -3.36. The molecule has 0 spiro atoms. The third-order valence-electron chi connectivity index (χ3n) is 4.32. The monoisotopic (exact) mass is 308 g/mol. The molecular weight excluding hydrogens is 288 g/mol. The zero-order valence-electron chi connectivity index (χ0n) is 11.9. The molecule has 2 aliphatic rings. The molecule has 1 aliphatic heterocycles. The molecule has 0 bridgehead atoms. The fourth-order valence-corrected chi connectivity index (χ4v) is 4.25. The van der Waals surface area contributed by atoms with Crippen LogP contribution in [-0.4, -0.2) is 33.2 Å². The van der Waals surface area contributed by atoms with Crippen LogP contribution in [0.4, 0.5) is 5.69 Å². The van der Waals surface area contributed by atoms with Gasteiger partial charge in [-0.3, -0.25) is 9.10 Å². The van der Waals surface area contributed by atoms with Crippen LogP contribution >= 0.6 is 0 Å². The summed E-state index contributed by atoms with van der Waals surface area (Å²) in [4.78, 5) is 11.7. The number of anilines is 1. The van der Waals surface area contributed by atoms with E-state index in [1.807, 2.05) is 24.3 Å². The third-order valence-corrected chi connectivity index (χ3v) is 6.09. The van der Waals surface area contributed by atoms with Gasteiger partial charge >= 0.3 is 0 Å². The highest BCUT2D eigenvalue weighted by Crippen LogP contribution is 2.30. The van der Waals surface area contributed by atoms with Crippen molar-refractivity contribution in [2.45, 2.75) is 25.7 Å². The predicted octanol–water partition coefficient (Wildman–Crippen LogP) is 1.30. The topological polar surface area (TPSA) is 66.5 Å². The van der Waals surface area contributed by atoms with E-state index in [1.54, 1.807) is 0 Å². The second-order valence-electron chi connectivity index (χ2n) is 5.69. The van der Waals surface area contributed by atoms with E-state index in [4.69, 9.17) is 0 Å². The number of fused-ring (bicyclic) bond motifs is 1. The lowest BCUT2D eigenvalue weighted by molar-refractivity contribution is -0.127. The smallest absolute Gasteiger partial charge is 0.236 e. The van der Waals surface area contributed by atoms with E-state index in [2.05, 4.69) is 5.32 Å². The van der Waals surface area contributed by atoms with Gasteiger partial charge in [0.1, 0.15) is 0 Å². The Balaban J connectivity index is 1.59. The van der Waals surface area contributed by atoms with Crippen LogP contribution in [0.5, 0.6) is 0 Å². The molecule has 1 amide bonds. The second-order valence-corrected chi connectivity index (χ2v) is 7.70. The maximum Gasteiger partial charge on any atom is 0.236 e. The largest absolute Gasteiger partial charge is 0.355 e. The number of benzene rings is 1. The van der Waals surface area contributed by atoms with Gasteiger partial charge < -0.3 is 5.32 Å². The molecule has 6 heteroatoms. The van der Waals surface area contributed by atoms with Crippen LogP contribution in [0.1, 0.15) is 24.8 Å². The molecule has 0 atom stereocenters. The molecule has 114 valence electrons. The van der Waals surface area contributed by atoms with Crippen LogP contribution in [0.2, 0.25) is 0 Å². The first-order valence-corrected chi connectivity index (χ1v) is 9.05. The Labute approximate surface area is 125 Å². The first-order chi connectivity index (χ1) is 10.1. The van der Waals surface area contributed by atoms with Crippen molar-refractivity contribution in [3.8, 4) is 0 Å². The van der Waals surface area contributed by atoms with Crippen molar-refractivity contribution < 1.29 is 13.2 Å². The van der Waals surface area contributed by atoms with Gasteiger partial charge in [0.15, 0.2) is 0 Å². The molecule has 1 aliphatic carbocycles. The molecular formula is C15H20N2O3S. The van der Waals surface area contributed by atoms with Crippen LogP contribution < -0.4 is 9.62 Å². The van der Waals surface area contributed by atoms with E-state index in [0.29, 0.717) is 6.54 Å². The van der Waals surface area contributed by atoms with E-state index in [9.17, 15) is 13.2 Å². The standard InChI is InChI=1S/C15H20N2O3S/c18-15(13-5-3-6-13)16-9-11-21(19,20)17-10-8-12-4-1-2-7-14(12)17/h1-2,4,7,13H,3,5-6,8-11H2,(H,16,18). The van der Waals surface area contributed by atoms with Crippen molar-refractivity contribution in [1.29, 1.82) is 0 Å². The van der Waals surface area contributed by atoms with E-state index in [0.717, 1.165) is 36.9 Å². The SMILES string of the molecule is O=C(NCCS(=O)(=O)N1CCc2ccccc21)C1CCC1. The Morgan fingerprint density at radius 1 is 1.29 bits per heavy atom. The minimum Gasteiger partial charge on any atom is -0.355 e. The lowest BCUT2D eigenvalue weighted by Gasteiger charge is -2.24. The van der Waals surface area contributed by atoms with Crippen LogP contribution in [0.15, 0.2) is 24.3 Å². The number of hydrogen-bond donors (Lipinski definition) is 1. The molecule has 1 saturated carbocycles. The molecule has 0 radical (unpaired) electrons. The summed E-state index contributed by atoms with van der Waals surface area (Å²) in [6, 6.07) is 7.58. The molecule has 0 aromatic heterocycles. The van der Waals surface area contributed by atoms with Gasteiger partial charge in [0.2, 0.25) is 15.9 Å². The highest BCUT2D eigenvalue weighted by molar-refractivity contribution is 7.92. The molecule has 1 fully saturated rings. The number of sulfonamides is 1. The fraction of sp³-hybridized carbons (Fsp3) is 0.533. The highest BCUT2D eigenvalue weighted by Gasteiger charge is 2.29. The first kappa shape index (κ1) is 14.4. The van der Waals surface area contributed by atoms with Crippen molar-refractivity contribution in [1.82, 2.24) is 5.32 Å². The molecule has 0 saturated heterocycles. The molecule has 1 aromatic rings. The van der Waals surface area contributed by atoms with Gasteiger partial charge in [0.25, 0.3) is 0 Å². The molecule has 1 aromatic carbocycles. The first-order valence-electron chi connectivity index (χ1n) is 7.44. The second kappa shape index (κ2) is 5.67. The molecule has 1 N–H and O–H groups in total. The van der Waals surface area contributed by atoms with Crippen molar-refractivity contribution in [2.75, 3.05) is 23.1 Å². The average molecular weight is 308 g/mol. The normalized spacial score (nSPS) is 18.2. The Kier molecular flexibility index (Phi) is 3.89. The zero-order chi connectivity index (χ0) is 14.9. The number of nitrogens with zero attached hydrogens (tertiary/aromatic N) is 1. The quantitative estimate of drug-likeness (QED) is 0.891. The summed E-state index contributed by atoms with van der Waals surface area (Å²) in [5.74, 6) is 0.0540. The number of rotatable bonds is 5. The van der Waals surface area contributed by atoms with Gasteiger partial charge in [-0.15, -0.1) is 0 Å². The molecule has 21 heavy (non-hydrogen) atoms. The molecule has 3 rings (SSSR count). The summed E-state index contributed by atoms with van der Waals surface area (Å²) in [7, 11) is -3.36. The number of carbonyl (C=O) groups is 1. The summed E-state index contributed by atoms with van der Waals surface area (Å²) < 4.78 is 26.3. The number of carbonyl (C=O) groups excluding carboxylic acids is 1.